The predicted molar refractivity (Wildman–Crippen MR) is 95.6 cm³/mol. The highest BCUT2D eigenvalue weighted by molar-refractivity contribution is 7.92. The van der Waals surface area contributed by atoms with Crippen LogP contribution in [0.4, 0.5) is 5.69 Å². The van der Waals surface area contributed by atoms with Crippen LogP contribution in [0.1, 0.15) is 5.56 Å². The molecule has 0 saturated heterocycles. The largest absolute Gasteiger partial charge is 0.279 e. The summed E-state index contributed by atoms with van der Waals surface area (Å²) in [5.74, 6) is 0. The van der Waals surface area contributed by atoms with Crippen molar-refractivity contribution in [3.8, 4) is 11.3 Å². The van der Waals surface area contributed by atoms with E-state index in [1.807, 2.05) is 30.3 Å². The van der Waals surface area contributed by atoms with Gasteiger partial charge in [-0.05, 0) is 24.6 Å². The molecule has 0 fully saturated rings. The van der Waals surface area contributed by atoms with Crippen molar-refractivity contribution < 1.29 is 8.42 Å². The van der Waals surface area contributed by atoms with E-state index in [4.69, 9.17) is 11.6 Å². The smallest absolute Gasteiger partial charge is 0.265 e. The number of aromatic nitrogens is 2. The van der Waals surface area contributed by atoms with Crippen LogP contribution < -0.4 is 4.72 Å². The van der Waals surface area contributed by atoms with Gasteiger partial charge in [-0.25, -0.2) is 8.42 Å². The van der Waals surface area contributed by atoms with Crippen molar-refractivity contribution in [2.45, 2.75) is 11.8 Å². The van der Waals surface area contributed by atoms with Gasteiger partial charge in [0.15, 0.2) is 0 Å². The third-order valence-electron chi connectivity index (χ3n) is 3.64. The van der Waals surface area contributed by atoms with Crippen molar-refractivity contribution in [1.29, 1.82) is 0 Å². The summed E-state index contributed by atoms with van der Waals surface area (Å²) in [4.78, 5) is 0.121. The molecule has 0 atom stereocenters. The lowest BCUT2D eigenvalue weighted by Crippen LogP contribution is -2.14. The first-order valence-corrected chi connectivity index (χ1v) is 9.11. The molecule has 0 aliphatic rings. The molecule has 3 aromatic rings. The second-order valence-corrected chi connectivity index (χ2v) is 7.46. The average molecular weight is 362 g/mol. The van der Waals surface area contributed by atoms with Gasteiger partial charge >= 0.3 is 0 Å². The highest BCUT2D eigenvalue weighted by atomic mass is 35.5. The van der Waals surface area contributed by atoms with Crippen LogP contribution >= 0.6 is 11.6 Å². The van der Waals surface area contributed by atoms with Crippen LogP contribution in [0.2, 0.25) is 5.02 Å². The number of benzene rings is 2. The highest BCUT2D eigenvalue weighted by Crippen LogP contribution is 2.29. The standard InChI is InChI=1S/C17H16ClN3O2S/c1-12-14(18)9-6-10-15(12)20-24(22,23)16-11-21(2)19-17(16)13-7-4-3-5-8-13/h3-11,20H,1-2H3. The number of sulfonamides is 1. The molecule has 0 spiro atoms. The molecular formula is C17H16ClN3O2S. The number of aryl methyl sites for hydroxylation is 1. The topological polar surface area (TPSA) is 64.0 Å². The fraction of sp³-hybridized carbons (Fsp3) is 0.118. The molecule has 0 aliphatic heterocycles. The van der Waals surface area contributed by atoms with Gasteiger partial charge in [0.2, 0.25) is 0 Å². The maximum absolute atomic E-state index is 12.9. The quantitative estimate of drug-likeness (QED) is 0.767. The molecule has 0 amide bonds. The van der Waals surface area contributed by atoms with Gasteiger partial charge in [0.25, 0.3) is 10.0 Å². The van der Waals surface area contributed by atoms with Gasteiger partial charge in [0.05, 0.1) is 5.69 Å². The number of nitrogens with zero attached hydrogens (tertiary/aromatic N) is 2. The summed E-state index contributed by atoms with van der Waals surface area (Å²) in [7, 11) is -2.11. The Balaban J connectivity index is 2.07. The van der Waals surface area contributed by atoms with E-state index in [0.29, 0.717) is 22.0 Å². The number of halogens is 1. The zero-order chi connectivity index (χ0) is 17.3. The summed E-state index contributed by atoms with van der Waals surface area (Å²) in [6.45, 7) is 1.77. The van der Waals surface area contributed by atoms with Gasteiger partial charge in [-0.3, -0.25) is 9.40 Å². The Hall–Kier alpha value is -2.31. The minimum atomic E-state index is -3.80. The minimum Gasteiger partial charge on any atom is -0.279 e. The number of rotatable bonds is 4. The predicted octanol–water partition coefficient (Wildman–Crippen LogP) is 3.85. The van der Waals surface area contributed by atoms with E-state index in [2.05, 4.69) is 9.82 Å². The van der Waals surface area contributed by atoms with Gasteiger partial charge < -0.3 is 0 Å². The first kappa shape index (κ1) is 16.5. The number of nitrogens with one attached hydrogen (secondary N) is 1. The van der Waals surface area contributed by atoms with Crippen LogP contribution in [-0.4, -0.2) is 18.2 Å². The lowest BCUT2D eigenvalue weighted by atomic mass is 10.2. The number of hydrogen-bond donors (Lipinski definition) is 1. The monoisotopic (exact) mass is 361 g/mol. The first-order valence-electron chi connectivity index (χ1n) is 7.25. The molecule has 1 aromatic heterocycles. The molecule has 2 aromatic carbocycles. The molecule has 5 nitrogen and oxygen atoms in total. The molecule has 0 radical (unpaired) electrons. The summed E-state index contributed by atoms with van der Waals surface area (Å²) in [6.07, 6.45) is 1.49. The van der Waals surface area contributed by atoms with Crippen LogP contribution in [0.3, 0.4) is 0 Å². The molecule has 3 rings (SSSR count). The van der Waals surface area contributed by atoms with Crippen molar-refractivity contribution >= 4 is 27.3 Å². The van der Waals surface area contributed by atoms with Gasteiger partial charge in [-0.2, -0.15) is 5.10 Å². The van der Waals surface area contributed by atoms with E-state index < -0.39 is 10.0 Å². The third-order valence-corrected chi connectivity index (χ3v) is 5.42. The summed E-state index contributed by atoms with van der Waals surface area (Å²) in [5, 5.41) is 4.80. The van der Waals surface area contributed by atoms with E-state index >= 15 is 0 Å². The number of anilines is 1. The van der Waals surface area contributed by atoms with Crippen molar-refractivity contribution in [2.75, 3.05) is 4.72 Å². The van der Waals surface area contributed by atoms with Crippen LogP contribution in [0.15, 0.2) is 59.6 Å². The summed E-state index contributed by atoms with van der Waals surface area (Å²) in [5.41, 5.74) is 2.27. The van der Waals surface area contributed by atoms with Crippen molar-refractivity contribution in [3.05, 3.63) is 65.3 Å². The molecule has 0 unspecified atom stereocenters. The fourth-order valence-corrected chi connectivity index (χ4v) is 3.88. The Kier molecular flexibility index (Phi) is 4.34. The van der Waals surface area contributed by atoms with E-state index in [1.165, 1.54) is 10.9 Å². The SMILES string of the molecule is Cc1c(Cl)cccc1NS(=O)(=O)c1cn(C)nc1-c1ccccc1. The Labute approximate surface area is 145 Å². The lowest BCUT2D eigenvalue weighted by molar-refractivity contribution is 0.601. The van der Waals surface area contributed by atoms with E-state index in [0.717, 1.165) is 5.56 Å². The molecule has 24 heavy (non-hydrogen) atoms. The van der Waals surface area contributed by atoms with Crippen molar-refractivity contribution in [3.63, 3.8) is 0 Å². The molecule has 124 valence electrons. The Bertz CT molecular complexity index is 982. The van der Waals surface area contributed by atoms with E-state index in [9.17, 15) is 8.42 Å². The van der Waals surface area contributed by atoms with Crippen molar-refractivity contribution in [1.82, 2.24) is 9.78 Å². The molecule has 7 heteroatoms. The third kappa shape index (κ3) is 3.16. The molecule has 1 heterocycles. The van der Waals surface area contributed by atoms with E-state index in [-0.39, 0.29) is 4.90 Å². The van der Waals surface area contributed by atoms with E-state index in [1.54, 1.807) is 32.2 Å². The molecule has 0 saturated carbocycles. The normalized spacial score (nSPS) is 11.5. The molecule has 0 bridgehead atoms. The van der Waals surface area contributed by atoms with Crippen LogP contribution in [0.25, 0.3) is 11.3 Å². The second-order valence-electron chi connectivity index (χ2n) is 5.40. The minimum absolute atomic E-state index is 0.121. The van der Waals surface area contributed by atoms with Crippen LogP contribution in [0, 0.1) is 6.92 Å². The van der Waals surface area contributed by atoms with Gasteiger partial charge in [-0.1, -0.05) is 48.0 Å². The summed E-state index contributed by atoms with van der Waals surface area (Å²) >= 11 is 6.07. The Morgan fingerprint density at radius 1 is 1.08 bits per heavy atom. The van der Waals surface area contributed by atoms with Gasteiger partial charge in [0, 0.05) is 23.8 Å². The summed E-state index contributed by atoms with van der Waals surface area (Å²) < 4.78 is 29.8. The molecular weight excluding hydrogens is 346 g/mol. The van der Waals surface area contributed by atoms with Crippen LogP contribution in [-0.2, 0) is 17.1 Å². The maximum atomic E-state index is 12.9. The Morgan fingerprint density at radius 3 is 2.50 bits per heavy atom. The maximum Gasteiger partial charge on any atom is 0.265 e. The number of hydrogen-bond acceptors (Lipinski definition) is 3. The molecule has 1 N–H and O–H groups in total. The molecule has 0 aliphatic carbocycles. The highest BCUT2D eigenvalue weighted by Gasteiger charge is 2.24. The first-order chi connectivity index (χ1) is 11.4. The summed E-state index contributed by atoms with van der Waals surface area (Å²) in [6, 6.07) is 14.3. The second kappa shape index (κ2) is 6.30. The lowest BCUT2D eigenvalue weighted by Gasteiger charge is -2.11. The Morgan fingerprint density at radius 2 is 1.79 bits per heavy atom. The average Bonchev–Trinajstić information content (AvgIpc) is 2.95. The van der Waals surface area contributed by atoms with Gasteiger partial charge in [0.1, 0.15) is 10.6 Å². The zero-order valence-electron chi connectivity index (χ0n) is 13.2. The van der Waals surface area contributed by atoms with Crippen molar-refractivity contribution in [2.24, 2.45) is 7.05 Å². The van der Waals surface area contributed by atoms with Gasteiger partial charge in [-0.15, -0.1) is 0 Å². The van der Waals surface area contributed by atoms with Crippen LogP contribution in [0.5, 0.6) is 0 Å². The zero-order valence-corrected chi connectivity index (χ0v) is 14.8. The fourth-order valence-electron chi connectivity index (χ4n) is 2.38.